The molecule has 0 amide bonds. The number of hydrogen-bond donors (Lipinski definition) is 0. The third kappa shape index (κ3) is 4.71. The summed E-state index contributed by atoms with van der Waals surface area (Å²) < 4.78 is 39.2. The van der Waals surface area contributed by atoms with Gasteiger partial charge in [-0.1, -0.05) is 12.1 Å². The minimum absolute atomic E-state index is 0.453. The lowest BCUT2D eigenvalue weighted by molar-refractivity contribution is 0.0702. The molecule has 2 fully saturated rings. The Hall–Kier alpha value is -1.19. The number of nitrogens with zero attached hydrogens (tertiary/aromatic N) is 3. The van der Waals surface area contributed by atoms with Crippen LogP contribution in [0.5, 0.6) is 5.75 Å². The molecular formula is C17H27N3O4S. The summed E-state index contributed by atoms with van der Waals surface area (Å²) >= 11 is 0. The highest BCUT2D eigenvalue weighted by molar-refractivity contribution is 7.86. The predicted molar refractivity (Wildman–Crippen MR) is 95.8 cm³/mol. The second kappa shape index (κ2) is 8.46. The highest BCUT2D eigenvalue weighted by atomic mass is 32.2. The zero-order valence-corrected chi connectivity index (χ0v) is 15.6. The number of benzene rings is 1. The molecule has 0 radical (unpaired) electrons. The number of ether oxygens (including phenoxy) is 2. The molecule has 2 heterocycles. The van der Waals surface area contributed by atoms with Crippen LogP contribution in [-0.4, -0.2) is 81.5 Å². The first-order chi connectivity index (χ1) is 12.1. The third-order valence-electron chi connectivity index (χ3n) is 4.74. The maximum atomic E-state index is 12.8. The molecule has 0 aromatic heterocycles. The Morgan fingerprint density at radius 1 is 0.960 bits per heavy atom. The minimum atomic E-state index is -3.37. The van der Waals surface area contributed by atoms with Crippen LogP contribution in [0.25, 0.3) is 0 Å². The van der Waals surface area contributed by atoms with Crippen LogP contribution < -0.4 is 4.74 Å². The maximum absolute atomic E-state index is 12.8. The van der Waals surface area contributed by atoms with Crippen molar-refractivity contribution in [3.05, 3.63) is 29.8 Å². The Morgan fingerprint density at radius 2 is 1.64 bits per heavy atom. The van der Waals surface area contributed by atoms with Crippen molar-refractivity contribution in [1.82, 2.24) is 13.5 Å². The number of morpholine rings is 1. The average Bonchev–Trinajstić information content (AvgIpc) is 2.89. The lowest BCUT2D eigenvalue weighted by atomic mass is 10.2. The van der Waals surface area contributed by atoms with Crippen LogP contribution in [0.3, 0.4) is 0 Å². The second-order valence-electron chi connectivity index (χ2n) is 6.40. The summed E-state index contributed by atoms with van der Waals surface area (Å²) in [5.41, 5.74) is 1.21. The summed E-state index contributed by atoms with van der Waals surface area (Å²) in [5.74, 6) is 0.849. The fourth-order valence-electron chi connectivity index (χ4n) is 3.27. The van der Waals surface area contributed by atoms with Gasteiger partial charge in [0.1, 0.15) is 5.75 Å². The molecular weight excluding hydrogens is 342 g/mol. The number of methoxy groups -OCH3 is 1. The molecule has 1 aromatic rings. The monoisotopic (exact) mass is 369 g/mol. The molecule has 0 spiro atoms. The van der Waals surface area contributed by atoms with Crippen molar-refractivity contribution in [2.75, 3.05) is 59.6 Å². The zero-order chi connectivity index (χ0) is 17.7. The van der Waals surface area contributed by atoms with Gasteiger partial charge in [0.05, 0.1) is 20.3 Å². The Kier molecular flexibility index (Phi) is 6.29. The van der Waals surface area contributed by atoms with Gasteiger partial charge >= 0.3 is 0 Å². The fourth-order valence-corrected chi connectivity index (χ4v) is 4.88. The molecule has 2 aliphatic heterocycles. The Labute approximate surface area is 150 Å². The largest absolute Gasteiger partial charge is 0.497 e. The van der Waals surface area contributed by atoms with Crippen molar-refractivity contribution < 1.29 is 17.9 Å². The van der Waals surface area contributed by atoms with Crippen molar-refractivity contribution in [2.24, 2.45) is 0 Å². The maximum Gasteiger partial charge on any atom is 0.282 e. The molecule has 8 heteroatoms. The molecule has 2 saturated heterocycles. The summed E-state index contributed by atoms with van der Waals surface area (Å²) in [5, 5.41) is 0. The van der Waals surface area contributed by atoms with Gasteiger partial charge in [-0.2, -0.15) is 17.0 Å². The van der Waals surface area contributed by atoms with Gasteiger partial charge in [-0.25, -0.2) is 0 Å². The topological polar surface area (TPSA) is 62.3 Å². The van der Waals surface area contributed by atoms with E-state index in [1.807, 2.05) is 12.1 Å². The normalized spacial score (nSPS) is 21.8. The summed E-state index contributed by atoms with van der Waals surface area (Å²) in [7, 11) is -1.71. The molecule has 25 heavy (non-hydrogen) atoms. The molecule has 0 unspecified atom stereocenters. The van der Waals surface area contributed by atoms with E-state index in [4.69, 9.17) is 9.47 Å². The van der Waals surface area contributed by atoms with Gasteiger partial charge < -0.3 is 9.47 Å². The van der Waals surface area contributed by atoms with E-state index in [0.717, 1.165) is 31.8 Å². The Balaban J connectivity index is 1.57. The van der Waals surface area contributed by atoms with Crippen LogP contribution in [0.15, 0.2) is 24.3 Å². The molecule has 1 aromatic carbocycles. The standard InChI is InChI=1S/C17H27N3O4S/c1-23-17-5-3-16(4-6-17)15-18-7-2-8-19(10-9-18)25(21,22)20-11-13-24-14-12-20/h3-6H,2,7-15H2,1H3. The first-order valence-electron chi connectivity index (χ1n) is 8.78. The van der Waals surface area contributed by atoms with E-state index in [0.29, 0.717) is 39.4 Å². The van der Waals surface area contributed by atoms with E-state index in [1.165, 1.54) is 5.56 Å². The predicted octanol–water partition coefficient (Wildman–Crippen LogP) is 0.780. The summed E-state index contributed by atoms with van der Waals surface area (Å²) in [6.45, 7) is 5.47. The van der Waals surface area contributed by atoms with Crippen LogP contribution in [0.1, 0.15) is 12.0 Å². The number of hydrogen-bond acceptors (Lipinski definition) is 5. The van der Waals surface area contributed by atoms with Crippen molar-refractivity contribution >= 4 is 10.2 Å². The van der Waals surface area contributed by atoms with Gasteiger partial charge in [0, 0.05) is 39.3 Å². The van der Waals surface area contributed by atoms with Crippen LogP contribution in [0.4, 0.5) is 0 Å². The van der Waals surface area contributed by atoms with Crippen LogP contribution in [-0.2, 0) is 21.5 Å². The van der Waals surface area contributed by atoms with Gasteiger partial charge in [0.25, 0.3) is 10.2 Å². The molecule has 7 nitrogen and oxygen atoms in total. The van der Waals surface area contributed by atoms with Crippen molar-refractivity contribution in [1.29, 1.82) is 0 Å². The summed E-state index contributed by atoms with van der Waals surface area (Å²) in [6, 6.07) is 8.04. The fraction of sp³-hybridized carbons (Fsp3) is 0.647. The lowest BCUT2D eigenvalue weighted by Gasteiger charge is -2.31. The Bertz CT molecular complexity index is 644. The van der Waals surface area contributed by atoms with E-state index < -0.39 is 10.2 Å². The van der Waals surface area contributed by atoms with Gasteiger partial charge in [0.2, 0.25) is 0 Å². The van der Waals surface area contributed by atoms with Crippen molar-refractivity contribution in [2.45, 2.75) is 13.0 Å². The van der Waals surface area contributed by atoms with Gasteiger partial charge in [-0.15, -0.1) is 0 Å². The van der Waals surface area contributed by atoms with Gasteiger partial charge in [-0.3, -0.25) is 4.90 Å². The van der Waals surface area contributed by atoms with Crippen LogP contribution in [0.2, 0.25) is 0 Å². The molecule has 0 saturated carbocycles. The molecule has 0 aliphatic carbocycles. The molecule has 0 bridgehead atoms. The molecule has 0 atom stereocenters. The van der Waals surface area contributed by atoms with Crippen molar-refractivity contribution in [3.63, 3.8) is 0 Å². The van der Waals surface area contributed by atoms with Crippen molar-refractivity contribution in [3.8, 4) is 5.75 Å². The van der Waals surface area contributed by atoms with Gasteiger partial charge in [0.15, 0.2) is 0 Å². The molecule has 140 valence electrons. The van der Waals surface area contributed by atoms with E-state index in [9.17, 15) is 8.42 Å². The second-order valence-corrected chi connectivity index (χ2v) is 8.32. The van der Waals surface area contributed by atoms with E-state index in [1.54, 1.807) is 15.7 Å². The van der Waals surface area contributed by atoms with E-state index in [-0.39, 0.29) is 0 Å². The van der Waals surface area contributed by atoms with Crippen LogP contribution >= 0.6 is 0 Å². The Morgan fingerprint density at radius 3 is 2.32 bits per heavy atom. The van der Waals surface area contributed by atoms with Crippen LogP contribution in [0, 0.1) is 0 Å². The quantitative estimate of drug-likeness (QED) is 0.768. The highest BCUT2D eigenvalue weighted by Crippen LogP contribution is 2.17. The number of rotatable bonds is 5. The highest BCUT2D eigenvalue weighted by Gasteiger charge is 2.32. The minimum Gasteiger partial charge on any atom is -0.497 e. The molecule has 0 N–H and O–H groups in total. The SMILES string of the molecule is COc1ccc(CN2CCCN(S(=O)(=O)N3CCOCC3)CC2)cc1. The summed E-state index contributed by atoms with van der Waals surface area (Å²) in [6.07, 6.45) is 0.847. The lowest BCUT2D eigenvalue weighted by Crippen LogP contribution is -2.49. The van der Waals surface area contributed by atoms with Gasteiger partial charge in [-0.05, 0) is 30.7 Å². The molecule has 2 aliphatic rings. The van der Waals surface area contributed by atoms with E-state index in [2.05, 4.69) is 17.0 Å². The zero-order valence-electron chi connectivity index (χ0n) is 14.8. The smallest absolute Gasteiger partial charge is 0.282 e. The third-order valence-corrected chi connectivity index (χ3v) is 6.77. The first kappa shape index (κ1) is 18.6. The van der Waals surface area contributed by atoms with E-state index >= 15 is 0 Å². The first-order valence-corrected chi connectivity index (χ1v) is 10.2. The summed E-state index contributed by atoms with van der Waals surface area (Å²) in [4.78, 5) is 2.32. The molecule has 3 rings (SSSR count). The average molecular weight is 369 g/mol.